The van der Waals surface area contributed by atoms with Gasteiger partial charge in [0.1, 0.15) is 16.5 Å². The Morgan fingerprint density at radius 3 is 2.71 bits per heavy atom. The maximum atomic E-state index is 13.2. The lowest BCUT2D eigenvalue weighted by Gasteiger charge is -2.16. The van der Waals surface area contributed by atoms with Gasteiger partial charge in [-0.25, -0.2) is 9.37 Å². The summed E-state index contributed by atoms with van der Waals surface area (Å²) in [7, 11) is 1.76. The lowest BCUT2D eigenvalue weighted by molar-refractivity contribution is -0.117. The molecule has 31 heavy (non-hydrogen) atoms. The molecule has 9 heteroatoms. The van der Waals surface area contributed by atoms with Gasteiger partial charge in [-0.15, -0.1) is 11.3 Å². The third-order valence-corrected chi connectivity index (χ3v) is 5.83. The second-order valence-electron chi connectivity index (χ2n) is 7.05. The van der Waals surface area contributed by atoms with Gasteiger partial charge in [0.2, 0.25) is 5.91 Å². The van der Waals surface area contributed by atoms with Crippen LogP contribution in [0.2, 0.25) is 5.02 Å². The molecule has 2 aromatic carbocycles. The molecule has 0 atom stereocenters. The molecule has 0 spiro atoms. The molecule has 4 rings (SSSR count). The number of para-hydroxylation sites is 1. The van der Waals surface area contributed by atoms with Crippen LogP contribution in [0.4, 0.5) is 10.1 Å². The Balaban J connectivity index is 1.49. The van der Waals surface area contributed by atoms with Crippen molar-refractivity contribution in [3.05, 3.63) is 80.9 Å². The average Bonchev–Trinajstić information content (AvgIpc) is 3.14. The van der Waals surface area contributed by atoms with Crippen LogP contribution in [0.5, 0.6) is 0 Å². The fourth-order valence-electron chi connectivity index (χ4n) is 3.22. The fourth-order valence-corrected chi connectivity index (χ4v) is 4.37. The molecule has 2 N–H and O–H groups in total. The first-order chi connectivity index (χ1) is 14.9. The van der Waals surface area contributed by atoms with Gasteiger partial charge in [0.05, 0.1) is 29.2 Å². The molecule has 0 unspecified atom stereocenters. The van der Waals surface area contributed by atoms with E-state index in [9.17, 15) is 14.0 Å². The third kappa shape index (κ3) is 4.82. The molecule has 0 aliphatic rings. The molecular weight excluding hydrogens is 439 g/mol. The van der Waals surface area contributed by atoms with E-state index in [4.69, 9.17) is 11.6 Å². The Labute approximate surface area is 186 Å². The minimum Gasteiger partial charge on any atom is -0.324 e. The molecule has 0 bridgehead atoms. The zero-order chi connectivity index (χ0) is 22.0. The highest BCUT2D eigenvalue weighted by Crippen LogP contribution is 2.30. The zero-order valence-electron chi connectivity index (χ0n) is 16.5. The van der Waals surface area contributed by atoms with Gasteiger partial charge >= 0.3 is 0 Å². The third-order valence-electron chi connectivity index (χ3n) is 4.63. The molecule has 0 saturated heterocycles. The number of amides is 1. The number of thiophene rings is 1. The number of aromatic nitrogens is 2. The monoisotopic (exact) mass is 456 g/mol. The van der Waals surface area contributed by atoms with Crippen LogP contribution in [0.25, 0.3) is 21.3 Å². The molecule has 1 amide bonds. The number of hydrogen-bond acceptors (Lipinski definition) is 5. The molecule has 0 fully saturated rings. The van der Waals surface area contributed by atoms with Gasteiger partial charge in [-0.2, -0.15) is 0 Å². The molecule has 0 aliphatic carbocycles. The molecule has 0 aliphatic heterocycles. The Hall–Kier alpha value is -3.07. The van der Waals surface area contributed by atoms with Gasteiger partial charge in [0.15, 0.2) is 0 Å². The molecule has 0 radical (unpaired) electrons. The molecule has 158 valence electrons. The predicted octanol–water partition coefficient (Wildman–Crippen LogP) is 4.51. The Morgan fingerprint density at radius 1 is 1.23 bits per heavy atom. The van der Waals surface area contributed by atoms with Crippen molar-refractivity contribution in [3.8, 4) is 11.1 Å². The number of nitrogens with one attached hydrogen (secondary N) is 2. The quantitative estimate of drug-likeness (QED) is 0.447. The number of benzene rings is 2. The minimum absolute atomic E-state index is 0.0955. The summed E-state index contributed by atoms with van der Waals surface area (Å²) in [5.41, 5.74) is 1.74. The molecule has 2 heterocycles. The lowest BCUT2D eigenvalue weighted by Crippen LogP contribution is -2.31. The summed E-state index contributed by atoms with van der Waals surface area (Å²) in [6.07, 6.45) is 0. The number of H-pyrrole nitrogens is 1. The first-order valence-electron chi connectivity index (χ1n) is 9.40. The highest BCUT2D eigenvalue weighted by Gasteiger charge is 2.15. The van der Waals surface area contributed by atoms with Crippen molar-refractivity contribution in [2.45, 2.75) is 6.54 Å². The number of fused-ring (bicyclic) bond motifs is 1. The number of hydrogen-bond donors (Lipinski definition) is 2. The normalized spacial score (nSPS) is 11.2. The average molecular weight is 457 g/mol. The number of halogens is 2. The van der Waals surface area contributed by atoms with E-state index in [1.165, 1.54) is 23.5 Å². The first-order valence-corrected chi connectivity index (χ1v) is 10.7. The number of likely N-dealkylation sites (N-methyl/N-ethyl adjacent to an activating group) is 1. The number of anilines is 1. The number of carbonyl (C=O) groups excluding carboxylic acids is 1. The van der Waals surface area contributed by atoms with Crippen molar-refractivity contribution in [2.24, 2.45) is 0 Å². The minimum atomic E-state index is -0.334. The Kier molecular flexibility index (Phi) is 6.13. The van der Waals surface area contributed by atoms with Crippen LogP contribution in [0.3, 0.4) is 0 Å². The summed E-state index contributed by atoms with van der Waals surface area (Å²) in [5.74, 6) is -0.106. The van der Waals surface area contributed by atoms with Gasteiger partial charge in [-0.3, -0.25) is 14.5 Å². The van der Waals surface area contributed by atoms with E-state index in [1.807, 2.05) is 5.38 Å². The molecular formula is C22H18ClFN4O2S. The SMILES string of the molecule is CN(CC(=O)Nc1ccccc1Cl)Cc1nc2scc(-c3ccc(F)cc3)c2c(=O)[nH]1. The van der Waals surface area contributed by atoms with Gasteiger partial charge in [-0.1, -0.05) is 35.9 Å². The molecule has 4 aromatic rings. The smallest absolute Gasteiger partial charge is 0.260 e. The highest BCUT2D eigenvalue weighted by atomic mass is 35.5. The van der Waals surface area contributed by atoms with E-state index in [1.54, 1.807) is 48.3 Å². The van der Waals surface area contributed by atoms with Crippen molar-refractivity contribution in [3.63, 3.8) is 0 Å². The van der Waals surface area contributed by atoms with Gasteiger partial charge in [0, 0.05) is 10.9 Å². The maximum absolute atomic E-state index is 13.2. The van der Waals surface area contributed by atoms with E-state index in [-0.39, 0.29) is 30.4 Å². The van der Waals surface area contributed by atoms with Crippen molar-refractivity contribution in [1.82, 2.24) is 14.9 Å². The number of aromatic amines is 1. The van der Waals surface area contributed by atoms with Crippen LogP contribution < -0.4 is 10.9 Å². The van der Waals surface area contributed by atoms with Gasteiger partial charge in [-0.05, 0) is 36.9 Å². The zero-order valence-corrected chi connectivity index (χ0v) is 18.1. The second-order valence-corrected chi connectivity index (χ2v) is 8.31. The Bertz CT molecular complexity index is 1300. The van der Waals surface area contributed by atoms with Crippen molar-refractivity contribution >= 4 is 44.7 Å². The van der Waals surface area contributed by atoms with Crippen molar-refractivity contribution in [1.29, 1.82) is 0 Å². The van der Waals surface area contributed by atoms with E-state index >= 15 is 0 Å². The molecule has 0 saturated carbocycles. The second kappa shape index (κ2) is 8.97. The standard InChI is InChI=1S/C22H18ClFN4O2S/c1-28(11-19(29)25-17-5-3-2-4-16(17)23)10-18-26-21(30)20-15(12-31-22(20)27-18)13-6-8-14(24)9-7-13/h2-9,12H,10-11H2,1H3,(H,25,29)(H,26,27,30). The number of rotatable bonds is 6. The van der Waals surface area contributed by atoms with Gasteiger partial charge in [0.25, 0.3) is 5.56 Å². The number of carbonyl (C=O) groups is 1. The van der Waals surface area contributed by atoms with Crippen molar-refractivity contribution < 1.29 is 9.18 Å². The number of nitrogens with zero attached hydrogens (tertiary/aromatic N) is 2. The summed E-state index contributed by atoms with van der Waals surface area (Å²) in [4.78, 5) is 34.7. The summed E-state index contributed by atoms with van der Waals surface area (Å²) >= 11 is 7.41. The van der Waals surface area contributed by atoms with E-state index in [0.717, 1.165) is 5.56 Å². The summed E-state index contributed by atoms with van der Waals surface area (Å²) < 4.78 is 13.2. The maximum Gasteiger partial charge on any atom is 0.260 e. The predicted molar refractivity (Wildman–Crippen MR) is 122 cm³/mol. The van der Waals surface area contributed by atoms with Crippen LogP contribution in [0.1, 0.15) is 5.82 Å². The highest BCUT2D eigenvalue weighted by molar-refractivity contribution is 7.17. The van der Waals surface area contributed by atoms with E-state index in [2.05, 4.69) is 15.3 Å². The Morgan fingerprint density at radius 2 is 1.97 bits per heavy atom. The molecule has 2 aromatic heterocycles. The molecule has 6 nitrogen and oxygen atoms in total. The van der Waals surface area contributed by atoms with Gasteiger partial charge < -0.3 is 10.3 Å². The topological polar surface area (TPSA) is 78.1 Å². The largest absolute Gasteiger partial charge is 0.324 e. The first kappa shape index (κ1) is 21.2. The van der Waals surface area contributed by atoms with Crippen LogP contribution in [-0.2, 0) is 11.3 Å². The van der Waals surface area contributed by atoms with Crippen LogP contribution in [-0.4, -0.2) is 34.4 Å². The van der Waals surface area contributed by atoms with E-state index < -0.39 is 0 Å². The summed E-state index contributed by atoms with van der Waals surface area (Å²) in [6, 6.07) is 13.0. The van der Waals surface area contributed by atoms with Crippen molar-refractivity contribution in [2.75, 3.05) is 18.9 Å². The lowest BCUT2D eigenvalue weighted by atomic mass is 10.1. The summed E-state index contributed by atoms with van der Waals surface area (Å²) in [5, 5.41) is 5.54. The fraction of sp³-hybridized carbons (Fsp3) is 0.136. The van der Waals surface area contributed by atoms with Crippen LogP contribution in [0.15, 0.2) is 58.7 Å². The van der Waals surface area contributed by atoms with E-state index in [0.29, 0.717) is 32.3 Å². The van der Waals surface area contributed by atoms with Crippen LogP contribution in [0, 0.1) is 5.82 Å². The summed E-state index contributed by atoms with van der Waals surface area (Å²) in [6.45, 7) is 0.378. The van der Waals surface area contributed by atoms with Crippen LogP contribution >= 0.6 is 22.9 Å².